The standard InChI is InChI=1S/C17H28N2O/c1-6-13(2)7-8-14(3)18-11-15-9-16(20)10-17(4,5)12-19-15/h7-8,11,18-19H,6,9-10,12H2,1-5H3/b13-7-,14-8+,15-11+. The fourth-order valence-electron chi connectivity index (χ4n) is 2.02. The highest BCUT2D eigenvalue weighted by atomic mass is 16.1. The van der Waals surface area contributed by atoms with E-state index in [1.807, 2.05) is 13.1 Å². The van der Waals surface area contributed by atoms with Crippen LogP contribution in [-0.4, -0.2) is 12.3 Å². The van der Waals surface area contributed by atoms with Gasteiger partial charge in [-0.1, -0.05) is 32.4 Å². The Morgan fingerprint density at radius 1 is 1.35 bits per heavy atom. The average molecular weight is 276 g/mol. The molecule has 0 aromatic rings. The maximum absolute atomic E-state index is 11.9. The van der Waals surface area contributed by atoms with E-state index in [9.17, 15) is 4.79 Å². The zero-order chi connectivity index (χ0) is 15.2. The molecule has 1 rings (SSSR count). The van der Waals surface area contributed by atoms with Gasteiger partial charge in [0.05, 0.1) is 0 Å². The first-order chi connectivity index (χ1) is 9.32. The van der Waals surface area contributed by atoms with Gasteiger partial charge in [-0.15, -0.1) is 0 Å². The molecule has 0 aliphatic carbocycles. The Hall–Kier alpha value is -1.51. The molecule has 0 aromatic carbocycles. The predicted molar refractivity (Wildman–Crippen MR) is 85.0 cm³/mol. The molecule has 1 fully saturated rings. The van der Waals surface area contributed by atoms with Gasteiger partial charge in [0.1, 0.15) is 5.78 Å². The van der Waals surface area contributed by atoms with Gasteiger partial charge in [0, 0.05) is 37.0 Å². The molecule has 0 unspecified atom stereocenters. The van der Waals surface area contributed by atoms with Crippen molar-refractivity contribution >= 4 is 5.78 Å². The molecule has 0 atom stereocenters. The number of rotatable bonds is 4. The van der Waals surface area contributed by atoms with Gasteiger partial charge in [0.2, 0.25) is 0 Å². The third-order valence-corrected chi connectivity index (χ3v) is 3.51. The Morgan fingerprint density at radius 2 is 2.05 bits per heavy atom. The SMILES string of the molecule is CC/C(C)=C\C=C(/C)N/C=C1\CC(=O)CC(C)(C)CN1. The van der Waals surface area contributed by atoms with Crippen LogP contribution >= 0.6 is 0 Å². The minimum Gasteiger partial charge on any atom is -0.386 e. The topological polar surface area (TPSA) is 41.1 Å². The predicted octanol–water partition coefficient (Wildman–Crippen LogP) is 3.66. The maximum Gasteiger partial charge on any atom is 0.139 e. The Balaban J connectivity index is 2.64. The summed E-state index contributed by atoms with van der Waals surface area (Å²) < 4.78 is 0. The summed E-state index contributed by atoms with van der Waals surface area (Å²) >= 11 is 0. The van der Waals surface area contributed by atoms with Crippen LogP contribution < -0.4 is 10.6 Å². The second-order valence-corrected chi connectivity index (χ2v) is 6.44. The molecule has 0 saturated carbocycles. The third kappa shape index (κ3) is 6.09. The molecule has 0 bridgehead atoms. The molecule has 0 radical (unpaired) electrons. The van der Waals surface area contributed by atoms with Crippen LogP contribution in [0.1, 0.15) is 53.9 Å². The molecule has 1 saturated heterocycles. The molecule has 2 N–H and O–H groups in total. The van der Waals surface area contributed by atoms with Crippen molar-refractivity contribution in [3.63, 3.8) is 0 Å². The number of nitrogens with one attached hydrogen (secondary N) is 2. The number of allylic oxidation sites excluding steroid dienone is 5. The van der Waals surface area contributed by atoms with Gasteiger partial charge in [0.25, 0.3) is 0 Å². The van der Waals surface area contributed by atoms with Gasteiger partial charge in [0.15, 0.2) is 0 Å². The minimum absolute atomic E-state index is 0.0402. The maximum atomic E-state index is 11.9. The summed E-state index contributed by atoms with van der Waals surface area (Å²) in [4.78, 5) is 11.9. The van der Waals surface area contributed by atoms with E-state index in [0.717, 1.165) is 24.4 Å². The zero-order valence-corrected chi connectivity index (χ0v) is 13.5. The van der Waals surface area contributed by atoms with E-state index in [1.165, 1.54) is 5.57 Å². The molecule has 3 nitrogen and oxygen atoms in total. The van der Waals surface area contributed by atoms with E-state index in [2.05, 4.69) is 50.5 Å². The van der Waals surface area contributed by atoms with E-state index in [1.54, 1.807) is 0 Å². The molecule has 3 heteroatoms. The fourth-order valence-corrected chi connectivity index (χ4v) is 2.02. The Bertz CT molecular complexity index is 442. The fraction of sp³-hybridized carbons (Fsp3) is 0.588. The number of hydrogen-bond donors (Lipinski definition) is 2. The molecule has 0 amide bonds. The van der Waals surface area contributed by atoms with E-state index < -0.39 is 0 Å². The van der Waals surface area contributed by atoms with Crippen molar-refractivity contribution in [2.45, 2.75) is 53.9 Å². The van der Waals surface area contributed by atoms with E-state index in [0.29, 0.717) is 18.6 Å². The highest BCUT2D eigenvalue weighted by molar-refractivity contribution is 5.81. The van der Waals surface area contributed by atoms with Crippen LogP contribution in [0.5, 0.6) is 0 Å². The molecule has 0 spiro atoms. The molecular weight excluding hydrogens is 248 g/mol. The van der Waals surface area contributed by atoms with Gasteiger partial charge in [-0.2, -0.15) is 0 Å². The molecular formula is C17H28N2O. The van der Waals surface area contributed by atoms with Gasteiger partial charge in [-0.3, -0.25) is 4.79 Å². The number of hydrogen-bond acceptors (Lipinski definition) is 3. The summed E-state index contributed by atoms with van der Waals surface area (Å²) in [5.41, 5.74) is 3.44. The van der Waals surface area contributed by atoms with Gasteiger partial charge in [-0.25, -0.2) is 0 Å². The van der Waals surface area contributed by atoms with Crippen molar-refractivity contribution < 1.29 is 4.79 Å². The summed E-state index contributed by atoms with van der Waals surface area (Å²) in [7, 11) is 0. The largest absolute Gasteiger partial charge is 0.386 e. The average Bonchev–Trinajstić information content (AvgIpc) is 2.50. The highest BCUT2D eigenvalue weighted by Gasteiger charge is 2.26. The first-order valence-electron chi connectivity index (χ1n) is 7.37. The van der Waals surface area contributed by atoms with Crippen molar-refractivity contribution in [3.05, 3.63) is 35.3 Å². The molecule has 20 heavy (non-hydrogen) atoms. The van der Waals surface area contributed by atoms with E-state index in [-0.39, 0.29) is 5.41 Å². The number of ketones is 1. The number of carbonyl (C=O) groups is 1. The monoisotopic (exact) mass is 276 g/mol. The lowest BCUT2D eigenvalue weighted by Crippen LogP contribution is -2.27. The van der Waals surface area contributed by atoms with Gasteiger partial charge in [-0.05, 0) is 31.8 Å². The van der Waals surface area contributed by atoms with Crippen LogP contribution in [0, 0.1) is 5.41 Å². The lowest BCUT2D eigenvalue weighted by Gasteiger charge is -2.21. The van der Waals surface area contributed by atoms with Crippen LogP contribution in [0.4, 0.5) is 0 Å². The second kappa shape index (κ2) is 7.32. The Kier molecular flexibility index (Phi) is 6.05. The smallest absolute Gasteiger partial charge is 0.139 e. The van der Waals surface area contributed by atoms with Crippen molar-refractivity contribution in [2.24, 2.45) is 5.41 Å². The number of Topliss-reactive ketones (excluding diaryl/α,β-unsaturated/α-hetero) is 1. The minimum atomic E-state index is 0.0402. The second-order valence-electron chi connectivity index (χ2n) is 6.44. The van der Waals surface area contributed by atoms with E-state index in [4.69, 9.17) is 0 Å². The molecule has 0 aromatic heterocycles. The summed E-state index contributed by atoms with van der Waals surface area (Å²) in [5, 5.41) is 6.62. The van der Waals surface area contributed by atoms with Crippen LogP contribution in [-0.2, 0) is 4.79 Å². The summed E-state index contributed by atoms with van der Waals surface area (Å²) in [6.45, 7) is 11.4. The first kappa shape index (κ1) is 16.5. The summed E-state index contributed by atoms with van der Waals surface area (Å²) in [6.07, 6.45) is 8.31. The Morgan fingerprint density at radius 3 is 2.70 bits per heavy atom. The highest BCUT2D eigenvalue weighted by Crippen LogP contribution is 2.24. The third-order valence-electron chi connectivity index (χ3n) is 3.51. The van der Waals surface area contributed by atoms with E-state index >= 15 is 0 Å². The zero-order valence-electron chi connectivity index (χ0n) is 13.5. The lowest BCUT2D eigenvalue weighted by molar-refractivity contribution is -0.119. The molecule has 1 aliphatic heterocycles. The van der Waals surface area contributed by atoms with Crippen LogP contribution in [0.2, 0.25) is 0 Å². The van der Waals surface area contributed by atoms with Crippen molar-refractivity contribution in [3.8, 4) is 0 Å². The van der Waals surface area contributed by atoms with Gasteiger partial charge < -0.3 is 10.6 Å². The quantitative estimate of drug-likeness (QED) is 0.770. The molecule has 112 valence electrons. The summed E-state index contributed by atoms with van der Waals surface area (Å²) in [5.74, 6) is 0.302. The van der Waals surface area contributed by atoms with Gasteiger partial charge >= 0.3 is 0 Å². The molecule has 1 aliphatic rings. The van der Waals surface area contributed by atoms with Crippen LogP contribution in [0.3, 0.4) is 0 Å². The van der Waals surface area contributed by atoms with Crippen LogP contribution in [0.15, 0.2) is 35.3 Å². The molecule has 1 heterocycles. The normalized spacial score (nSPS) is 22.4. The number of carbonyl (C=O) groups excluding carboxylic acids is 1. The Labute approximate surface area is 123 Å². The lowest BCUT2D eigenvalue weighted by atomic mass is 9.88. The first-order valence-corrected chi connectivity index (χ1v) is 7.37. The van der Waals surface area contributed by atoms with Crippen molar-refractivity contribution in [1.82, 2.24) is 10.6 Å². The van der Waals surface area contributed by atoms with Crippen molar-refractivity contribution in [2.75, 3.05) is 6.54 Å². The summed E-state index contributed by atoms with van der Waals surface area (Å²) in [6, 6.07) is 0. The van der Waals surface area contributed by atoms with Crippen LogP contribution in [0.25, 0.3) is 0 Å². The van der Waals surface area contributed by atoms with Crippen molar-refractivity contribution in [1.29, 1.82) is 0 Å².